The van der Waals surface area contributed by atoms with E-state index >= 15 is 0 Å². The number of benzene rings is 1. The molecule has 1 rings (SSSR count). The Hall–Kier alpha value is -0.430. The highest BCUT2D eigenvalue weighted by Gasteiger charge is 2.13. The van der Waals surface area contributed by atoms with Crippen LogP contribution in [0.3, 0.4) is 0 Å². The molecule has 2 N–H and O–H groups in total. The van der Waals surface area contributed by atoms with Crippen LogP contribution in [0.5, 0.6) is 0 Å². The van der Waals surface area contributed by atoms with Crippen LogP contribution in [0.4, 0.5) is 0 Å². The van der Waals surface area contributed by atoms with E-state index in [1.165, 1.54) is 0 Å². The van der Waals surface area contributed by atoms with Gasteiger partial charge in [-0.15, -0.1) is 0 Å². The molecule has 1 unspecified atom stereocenters. The highest BCUT2D eigenvalue weighted by atomic mass is 127. The summed E-state index contributed by atoms with van der Waals surface area (Å²) in [5.41, 5.74) is 1.20. The maximum Gasteiger partial charge on any atom is 0.339 e. The molecule has 0 spiro atoms. The van der Waals surface area contributed by atoms with Gasteiger partial charge in [0.15, 0.2) is 0 Å². The Bertz CT molecular complexity index is 451. The number of alkyl halides is 1. The topological polar surface area (TPSA) is 83.8 Å². The third kappa shape index (κ3) is 5.95. The summed E-state index contributed by atoms with van der Waals surface area (Å²) < 4.78 is 15.5. The summed E-state index contributed by atoms with van der Waals surface area (Å²) in [5, 5.41) is 0. The predicted octanol–water partition coefficient (Wildman–Crippen LogP) is 2.34. The van der Waals surface area contributed by atoms with Gasteiger partial charge in [-0.3, -0.25) is 4.57 Å². The van der Waals surface area contributed by atoms with Crippen molar-refractivity contribution in [2.45, 2.75) is 17.5 Å². The van der Waals surface area contributed by atoms with Gasteiger partial charge in [0.1, 0.15) is 4.11 Å². The molecule has 0 saturated heterocycles. The van der Waals surface area contributed by atoms with Crippen LogP contribution >= 0.6 is 30.2 Å². The van der Waals surface area contributed by atoms with Crippen LogP contribution in [-0.4, -0.2) is 26.0 Å². The first-order chi connectivity index (χ1) is 8.28. The molecule has 1 aromatic rings. The van der Waals surface area contributed by atoms with Gasteiger partial charge in [-0.1, -0.05) is 12.1 Å². The molecule has 0 bridgehead atoms. The van der Waals surface area contributed by atoms with Gasteiger partial charge in [-0.2, -0.15) is 0 Å². The average molecular weight is 384 g/mol. The first kappa shape index (κ1) is 15.6. The van der Waals surface area contributed by atoms with Gasteiger partial charge < -0.3 is 14.5 Å². The van der Waals surface area contributed by atoms with Gasteiger partial charge >= 0.3 is 13.6 Å². The lowest BCUT2D eigenvalue weighted by atomic mass is 10.1. The van der Waals surface area contributed by atoms with Crippen LogP contribution < -0.4 is 0 Å². The van der Waals surface area contributed by atoms with E-state index in [0.717, 1.165) is 5.56 Å². The van der Waals surface area contributed by atoms with Crippen LogP contribution in [0.15, 0.2) is 24.3 Å². The van der Waals surface area contributed by atoms with Crippen LogP contribution in [0.25, 0.3) is 0 Å². The summed E-state index contributed by atoms with van der Waals surface area (Å²) in [5.74, 6) is -0.404. The summed E-state index contributed by atoms with van der Waals surface area (Å²) in [7, 11) is -3.97. The number of carbonyl (C=O) groups is 1. The standard InChI is InChI=1S/C11H14IO5P/c1-8(12)17-11(13)10-4-2-9(3-5-10)6-7-18(14,15)16/h2-5,8H,6-7H2,1H3,(H2,14,15,16). The molecule has 1 atom stereocenters. The van der Waals surface area contributed by atoms with E-state index in [0.29, 0.717) is 5.56 Å². The molecular weight excluding hydrogens is 370 g/mol. The number of ether oxygens (including phenoxy) is 1. The van der Waals surface area contributed by atoms with E-state index in [-0.39, 0.29) is 16.7 Å². The fourth-order valence-electron chi connectivity index (χ4n) is 1.30. The molecule has 0 saturated carbocycles. The van der Waals surface area contributed by atoms with Gasteiger partial charge in [0.2, 0.25) is 0 Å². The molecule has 0 aliphatic rings. The molecule has 0 aliphatic heterocycles. The third-order valence-electron chi connectivity index (χ3n) is 2.15. The van der Waals surface area contributed by atoms with Crippen molar-refractivity contribution in [2.75, 3.05) is 6.16 Å². The fraction of sp³-hybridized carbons (Fsp3) is 0.364. The Balaban J connectivity index is 2.63. The zero-order chi connectivity index (χ0) is 13.8. The maximum absolute atomic E-state index is 11.5. The largest absolute Gasteiger partial charge is 0.448 e. The van der Waals surface area contributed by atoms with Crippen LogP contribution in [0, 0.1) is 0 Å². The van der Waals surface area contributed by atoms with Gasteiger partial charge in [0, 0.05) is 0 Å². The minimum absolute atomic E-state index is 0.193. The van der Waals surface area contributed by atoms with Crippen molar-refractivity contribution in [1.82, 2.24) is 0 Å². The second-order valence-electron chi connectivity index (χ2n) is 3.78. The van der Waals surface area contributed by atoms with E-state index in [2.05, 4.69) is 0 Å². The smallest absolute Gasteiger partial charge is 0.339 e. The first-order valence-electron chi connectivity index (χ1n) is 5.26. The number of hydrogen-bond acceptors (Lipinski definition) is 3. The van der Waals surface area contributed by atoms with E-state index in [1.807, 2.05) is 22.6 Å². The number of carbonyl (C=O) groups excluding carboxylic acids is 1. The van der Waals surface area contributed by atoms with Gasteiger partial charge in [0.25, 0.3) is 0 Å². The zero-order valence-electron chi connectivity index (χ0n) is 9.75. The molecule has 5 nitrogen and oxygen atoms in total. The van der Waals surface area contributed by atoms with Gasteiger partial charge in [0.05, 0.1) is 11.7 Å². The second-order valence-corrected chi connectivity index (χ2v) is 7.31. The lowest BCUT2D eigenvalue weighted by Crippen LogP contribution is -2.09. The van der Waals surface area contributed by atoms with E-state index in [4.69, 9.17) is 14.5 Å². The minimum Gasteiger partial charge on any atom is -0.448 e. The van der Waals surface area contributed by atoms with Crippen molar-refractivity contribution in [3.05, 3.63) is 35.4 Å². The van der Waals surface area contributed by atoms with Gasteiger partial charge in [-0.25, -0.2) is 4.79 Å². The van der Waals surface area contributed by atoms with Crippen LogP contribution in [0.2, 0.25) is 0 Å². The lowest BCUT2D eigenvalue weighted by Gasteiger charge is -2.07. The summed E-state index contributed by atoms with van der Waals surface area (Å²) in [4.78, 5) is 29.0. The molecule has 0 aliphatic carbocycles. The molecule has 100 valence electrons. The third-order valence-corrected chi connectivity index (χ3v) is 3.21. The normalized spacial score (nSPS) is 13.1. The predicted molar refractivity (Wildman–Crippen MR) is 76.0 cm³/mol. The number of hydrogen-bond donors (Lipinski definition) is 2. The molecule has 7 heteroatoms. The Morgan fingerprint density at radius 3 is 2.39 bits per heavy atom. The zero-order valence-corrected chi connectivity index (χ0v) is 12.8. The van der Waals surface area contributed by atoms with E-state index in [1.54, 1.807) is 31.2 Å². The van der Waals surface area contributed by atoms with Crippen molar-refractivity contribution in [3.63, 3.8) is 0 Å². The highest BCUT2D eigenvalue weighted by Crippen LogP contribution is 2.34. The quantitative estimate of drug-likeness (QED) is 0.353. The molecule has 1 aromatic carbocycles. The van der Waals surface area contributed by atoms with Crippen molar-refractivity contribution >= 4 is 36.2 Å². The SMILES string of the molecule is CC(I)OC(=O)c1ccc(CCP(=O)(O)O)cc1. The monoisotopic (exact) mass is 384 g/mol. The Kier molecular flexibility index (Phi) is 5.78. The van der Waals surface area contributed by atoms with Crippen molar-refractivity contribution in [2.24, 2.45) is 0 Å². The van der Waals surface area contributed by atoms with Crippen LogP contribution in [-0.2, 0) is 15.7 Å². The Labute approximate surface area is 119 Å². The van der Waals surface area contributed by atoms with Gasteiger partial charge in [-0.05, 0) is 53.6 Å². The fourth-order valence-corrected chi connectivity index (χ4v) is 2.08. The highest BCUT2D eigenvalue weighted by molar-refractivity contribution is 14.1. The summed E-state index contributed by atoms with van der Waals surface area (Å²) in [6, 6.07) is 6.53. The van der Waals surface area contributed by atoms with Crippen LogP contribution in [0.1, 0.15) is 22.8 Å². The molecular formula is C11H14IO5P. The molecule has 0 heterocycles. The number of esters is 1. The first-order valence-corrected chi connectivity index (χ1v) is 8.31. The van der Waals surface area contributed by atoms with Crippen molar-refractivity contribution in [3.8, 4) is 0 Å². The maximum atomic E-state index is 11.5. The lowest BCUT2D eigenvalue weighted by molar-refractivity contribution is 0.0502. The molecule has 0 radical (unpaired) electrons. The Morgan fingerprint density at radius 1 is 1.39 bits per heavy atom. The molecule has 0 aromatic heterocycles. The Morgan fingerprint density at radius 2 is 1.94 bits per heavy atom. The number of halogens is 1. The van der Waals surface area contributed by atoms with Crippen molar-refractivity contribution in [1.29, 1.82) is 0 Å². The second kappa shape index (κ2) is 6.65. The molecule has 0 fully saturated rings. The number of rotatable bonds is 5. The van der Waals surface area contributed by atoms with E-state index in [9.17, 15) is 9.36 Å². The minimum atomic E-state index is -3.97. The summed E-state index contributed by atoms with van der Waals surface area (Å²) >= 11 is 1.98. The average Bonchev–Trinajstić information content (AvgIpc) is 2.25. The summed E-state index contributed by atoms with van der Waals surface area (Å²) in [6.45, 7) is 1.76. The van der Waals surface area contributed by atoms with E-state index < -0.39 is 13.6 Å². The number of aryl methyl sites for hydroxylation is 1. The van der Waals surface area contributed by atoms with Crippen molar-refractivity contribution < 1.29 is 23.9 Å². The molecule has 18 heavy (non-hydrogen) atoms. The molecule has 0 amide bonds. The summed E-state index contributed by atoms with van der Waals surface area (Å²) in [6.07, 6.45) is 0.0872.